The molecule has 1 aromatic rings. The molecule has 1 aromatic carbocycles. The Labute approximate surface area is 125 Å². The second-order valence-electron chi connectivity index (χ2n) is 5.93. The number of fused-ring (bicyclic) bond motifs is 1. The third kappa shape index (κ3) is 2.35. The van der Waals surface area contributed by atoms with Crippen molar-refractivity contribution in [1.29, 1.82) is 0 Å². The first kappa shape index (κ1) is 13.9. The number of piperazine rings is 1. The molecule has 4 nitrogen and oxygen atoms in total. The van der Waals surface area contributed by atoms with Crippen LogP contribution in [0.5, 0.6) is 0 Å². The molecule has 0 bridgehead atoms. The van der Waals surface area contributed by atoms with Crippen molar-refractivity contribution in [3.8, 4) is 0 Å². The summed E-state index contributed by atoms with van der Waals surface area (Å²) in [6.07, 6.45) is 1.68. The minimum absolute atomic E-state index is 0.0459. The molecule has 0 radical (unpaired) electrons. The van der Waals surface area contributed by atoms with Crippen LogP contribution in [0.2, 0.25) is 0 Å². The van der Waals surface area contributed by atoms with Gasteiger partial charge >= 0.3 is 0 Å². The highest BCUT2D eigenvalue weighted by atomic mass is 16.2. The van der Waals surface area contributed by atoms with E-state index in [0.29, 0.717) is 13.1 Å². The maximum atomic E-state index is 12.8. The molecule has 0 aliphatic carbocycles. The molecule has 2 unspecified atom stereocenters. The van der Waals surface area contributed by atoms with E-state index in [9.17, 15) is 9.59 Å². The molecule has 2 aliphatic rings. The molecule has 0 N–H and O–H groups in total. The monoisotopic (exact) mass is 284 g/mol. The van der Waals surface area contributed by atoms with Crippen molar-refractivity contribution in [3.63, 3.8) is 0 Å². The molecule has 2 fully saturated rings. The van der Waals surface area contributed by atoms with Crippen LogP contribution in [0.25, 0.3) is 0 Å². The van der Waals surface area contributed by atoms with Crippen LogP contribution in [0.4, 0.5) is 0 Å². The van der Waals surface area contributed by atoms with E-state index >= 15 is 0 Å². The molecule has 21 heavy (non-hydrogen) atoms. The SMILES string of the molecule is C=C(C)CN1C(=O)C2CCCN2C(=O)C1c1ccccc1. The molecule has 2 atom stereocenters. The summed E-state index contributed by atoms with van der Waals surface area (Å²) < 4.78 is 0. The van der Waals surface area contributed by atoms with E-state index in [-0.39, 0.29) is 17.9 Å². The third-order valence-corrected chi connectivity index (χ3v) is 4.21. The lowest BCUT2D eigenvalue weighted by molar-refractivity contribution is -0.159. The van der Waals surface area contributed by atoms with E-state index in [1.165, 1.54) is 0 Å². The fourth-order valence-corrected chi connectivity index (χ4v) is 3.31. The summed E-state index contributed by atoms with van der Waals surface area (Å²) in [5.41, 5.74) is 1.77. The van der Waals surface area contributed by atoms with E-state index in [0.717, 1.165) is 24.0 Å². The smallest absolute Gasteiger partial charge is 0.250 e. The van der Waals surface area contributed by atoms with Crippen LogP contribution in [0.1, 0.15) is 31.4 Å². The fourth-order valence-electron chi connectivity index (χ4n) is 3.31. The number of rotatable bonds is 3. The van der Waals surface area contributed by atoms with Gasteiger partial charge in [-0.1, -0.05) is 42.5 Å². The zero-order valence-corrected chi connectivity index (χ0v) is 12.3. The summed E-state index contributed by atoms with van der Waals surface area (Å²) in [6.45, 7) is 6.93. The van der Waals surface area contributed by atoms with Gasteiger partial charge in [0.15, 0.2) is 0 Å². The van der Waals surface area contributed by atoms with Crippen LogP contribution < -0.4 is 0 Å². The predicted molar refractivity (Wildman–Crippen MR) is 80.4 cm³/mol. The Morgan fingerprint density at radius 3 is 2.62 bits per heavy atom. The predicted octanol–water partition coefficient (Wildman–Crippen LogP) is 2.14. The first-order valence-corrected chi connectivity index (χ1v) is 7.40. The highest BCUT2D eigenvalue weighted by Crippen LogP contribution is 2.34. The summed E-state index contributed by atoms with van der Waals surface area (Å²) in [7, 11) is 0. The van der Waals surface area contributed by atoms with Crippen molar-refractivity contribution in [2.24, 2.45) is 0 Å². The quantitative estimate of drug-likeness (QED) is 0.798. The Hall–Kier alpha value is -2.10. The van der Waals surface area contributed by atoms with Gasteiger partial charge in [0.2, 0.25) is 5.91 Å². The number of carbonyl (C=O) groups is 2. The van der Waals surface area contributed by atoms with Crippen LogP contribution in [-0.4, -0.2) is 40.7 Å². The van der Waals surface area contributed by atoms with Gasteiger partial charge in [0.05, 0.1) is 0 Å². The molecular weight excluding hydrogens is 264 g/mol. The Morgan fingerprint density at radius 2 is 1.95 bits per heavy atom. The summed E-state index contributed by atoms with van der Waals surface area (Å²) >= 11 is 0. The van der Waals surface area contributed by atoms with Crippen molar-refractivity contribution < 1.29 is 9.59 Å². The number of hydrogen-bond acceptors (Lipinski definition) is 2. The summed E-state index contributed by atoms with van der Waals surface area (Å²) in [6, 6.07) is 8.78. The van der Waals surface area contributed by atoms with Crippen LogP contribution in [0.15, 0.2) is 42.5 Å². The lowest BCUT2D eigenvalue weighted by Gasteiger charge is -2.42. The topological polar surface area (TPSA) is 40.6 Å². The standard InChI is InChI=1S/C17H20N2O2/c1-12(2)11-19-15(13-7-4-3-5-8-13)17(21)18-10-6-9-14(18)16(19)20/h3-5,7-8,14-15H,1,6,9-11H2,2H3. The first-order valence-electron chi connectivity index (χ1n) is 7.40. The maximum Gasteiger partial charge on any atom is 0.250 e. The molecule has 2 amide bonds. The molecule has 4 heteroatoms. The molecule has 3 rings (SSSR count). The molecule has 0 saturated carbocycles. The Morgan fingerprint density at radius 1 is 1.24 bits per heavy atom. The van der Waals surface area contributed by atoms with E-state index in [1.54, 1.807) is 9.80 Å². The summed E-state index contributed by atoms with van der Waals surface area (Å²) in [5, 5.41) is 0. The number of hydrogen-bond donors (Lipinski definition) is 0. The Bertz CT molecular complexity index is 582. The number of carbonyl (C=O) groups excluding carboxylic acids is 2. The van der Waals surface area contributed by atoms with Crippen LogP contribution in [-0.2, 0) is 9.59 Å². The van der Waals surface area contributed by atoms with Crippen molar-refractivity contribution in [3.05, 3.63) is 48.0 Å². The van der Waals surface area contributed by atoms with Gasteiger partial charge in [-0.3, -0.25) is 9.59 Å². The third-order valence-electron chi connectivity index (χ3n) is 4.21. The van der Waals surface area contributed by atoms with Gasteiger partial charge in [0.1, 0.15) is 12.1 Å². The zero-order chi connectivity index (χ0) is 15.0. The molecule has 2 aliphatic heterocycles. The Balaban J connectivity index is 2.01. The van der Waals surface area contributed by atoms with Gasteiger partial charge < -0.3 is 9.80 Å². The van der Waals surface area contributed by atoms with Crippen molar-refractivity contribution in [2.75, 3.05) is 13.1 Å². The van der Waals surface area contributed by atoms with Crippen molar-refractivity contribution >= 4 is 11.8 Å². The second kappa shape index (κ2) is 5.35. The van der Waals surface area contributed by atoms with Crippen molar-refractivity contribution in [1.82, 2.24) is 9.80 Å². The number of nitrogens with zero attached hydrogens (tertiary/aromatic N) is 2. The van der Waals surface area contributed by atoms with E-state index in [4.69, 9.17) is 0 Å². The molecule has 2 saturated heterocycles. The van der Waals surface area contributed by atoms with Gasteiger partial charge in [-0.25, -0.2) is 0 Å². The van der Waals surface area contributed by atoms with Gasteiger partial charge in [-0.15, -0.1) is 0 Å². The van der Waals surface area contributed by atoms with Gasteiger partial charge in [-0.05, 0) is 25.3 Å². The normalized spacial score (nSPS) is 25.2. The highest BCUT2D eigenvalue weighted by molar-refractivity contribution is 5.98. The molecule has 110 valence electrons. The number of amides is 2. The molecule has 0 aromatic heterocycles. The largest absolute Gasteiger partial charge is 0.329 e. The number of benzene rings is 1. The van der Waals surface area contributed by atoms with Crippen molar-refractivity contribution in [2.45, 2.75) is 31.8 Å². The molecule has 2 heterocycles. The minimum Gasteiger partial charge on any atom is -0.329 e. The lowest BCUT2D eigenvalue weighted by Crippen LogP contribution is -2.59. The maximum absolute atomic E-state index is 12.8. The van der Waals surface area contributed by atoms with Crippen LogP contribution >= 0.6 is 0 Å². The zero-order valence-electron chi connectivity index (χ0n) is 12.3. The van der Waals surface area contributed by atoms with Gasteiger partial charge in [0, 0.05) is 13.1 Å². The minimum atomic E-state index is -0.509. The van der Waals surface area contributed by atoms with Crippen LogP contribution in [0.3, 0.4) is 0 Å². The first-order chi connectivity index (χ1) is 10.1. The lowest BCUT2D eigenvalue weighted by atomic mass is 9.98. The van der Waals surface area contributed by atoms with Gasteiger partial charge in [0.25, 0.3) is 5.91 Å². The molecular formula is C17H20N2O2. The average molecular weight is 284 g/mol. The second-order valence-corrected chi connectivity index (χ2v) is 5.93. The summed E-state index contributed by atoms with van der Waals surface area (Å²) in [5.74, 6) is 0.105. The molecule has 0 spiro atoms. The summed E-state index contributed by atoms with van der Waals surface area (Å²) in [4.78, 5) is 29.1. The average Bonchev–Trinajstić information content (AvgIpc) is 2.95. The van der Waals surface area contributed by atoms with Gasteiger partial charge in [-0.2, -0.15) is 0 Å². The van der Waals surface area contributed by atoms with Crippen LogP contribution in [0, 0.1) is 0 Å². The Kier molecular flexibility index (Phi) is 3.53. The van der Waals surface area contributed by atoms with E-state index in [1.807, 2.05) is 37.3 Å². The van der Waals surface area contributed by atoms with E-state index in [2.05, 4.69) is 6.58 Å². The van der Waals surface area contributed by atoms with E-state index < -0.39 is 6.04 Å². The highest BCUT2D eigenvalue weighted by Gasteiger charge is 2.48. The fraction of sp³-hybridized carbons (Fsp3) is 0.412.